The fourth-order valence-electron chi connectivity index (χ4n) is 0.949. The van der Waals surface area contributed by atoms with Crippen molar-refractivity contribution in [3.63, 3.8) is 0 Å². The van der Waals surface area contributed by atoms with Gasteiger partial charge in [-0.15, -0.1) is 0 Å². The van der Waals surface area contributed by atoms with E-state index in [9.17, 15) is 13.2 Å². The van der Waals surface area contributed by atoms with Crippen LogP contribution in [-0.4, -0.2) is 0 Å². The Balaban J connectivity index is 0.000000673. The van der Waals surface area contributed by atoms with Gasteiger partial charge in [0, 0.05) is 0 Å². The predicted octanol–water partition coefficient (Wildman–Crippen LogP) is 4.19. The van der Waals surface area contributed by atoms with Crippen LogP contribution >= 0.6 is 0 Å². The number of halogens is 3. The lowest BCUT2D eigenvalue weighted by Crippen LogP contribution is -2.04. The van der Waals surface area contributed by atoms with Crippen molar-refractivity contribution in [2.24, 2.45) is 0 Å². The molecule has 4 heteroatoms. The van der Waals surface area contributed by atoms with Gasteiger partial charge in [0.1, 0.15) is 0 Å². The number of hydrogen-bond acceptors (Lipinski definition) is 1. The highest BCUT2D eigenvalue weighted by molar-refractivity contribution is 5.27. The summed E-state index contributed by atoms with van der Waals surface area (Å²) in [6.45, 7) is 4.25. The number of nitriles is 1. The van der Waals surface area contributed by atoms with Gasteiger partial charge >= 0.3 is 6.18 Å². The number of hydrogen-bond donors (Lipinski definition) is 0. The van der Waals surface area contributed by atoms with Gasteiger partial charge in [-0.1, -0.05) is 38.5 Å². The number of nitrogens with zero attached hydrogens (tertiary/aromatic N) is 1. The molecule has 0 aliphatic heterocycles. The van der Waals surface area contributed by atoms with Crippen LogP contribution in [0.15, 0.2) is 24.3 Å². The van der Waals surface area contributed by atoms with E-state index in [4.69, 9.17) is 5.26 Å². The van der Waals surface area contributed by atoms with Gasteiger partial charge in [0.2, 0.25) is 0 Å². The van der Waals surface area contributed by atoms with Gasteiger partial charge in [0.15, 0.2) is 0 Å². The highest BCUT2D eigenvalue weighted by atomic mass is 19.4. The van der Waals surface area contributed by atoms with Crippen molar-refractivity contribution in [2.75, 3.05) is 0 Å². The van der Waals surface area contributed by atoms with Crippen LogP contribution < -0.4 is 0 Å². The average molecular weight is 229 g/mol. The zero-order valence-electron chi connectivity index (χ0n) is 9.30. The molecule has 0 spiro atoms. The molecule has 0 fully saturated rings. The van der Waals surface area contributed by atoms with Crippen LogP contribution in [0.3, 0.4) is 0 Å². The molecule has 0 heterocycles. The van der Waals surface area contributed by atoms with E-state index in [2.05, 4.69) is 13.8 Å². The van der Waals surface area contributed by atoms with Crippen LogP contribution in [0.2, 0.25) is 0 Å². The molecule has 0 unspecified atom stereocenters. The van der Waals surface area contributed by atoms with Crippen molar-refractivity contribution in [1.82, 2.24) is 0 Å². The molecular weight excluding hydrogens is 215 g/mol. The van der Waals surface area contributed by atoms with Crippen LogP contribution in [0.4, 0.5) is 13.2 Å². The minimum absolute atomic E-state index is 0.00389. The molecular formula is C12H14F3N. The minimum Gasteiger partial charge on any atom is -0.198 e. The molecule has 0 N–H and O–H groups in total. The lowest BCUT2D eigenvalue weighted by atomic mass is 10.1. The maximum Gasteiger partial charge on any atom is 0.416 e. The molecule has 0 saturated heterocycles. The zero-order chi connectivity index (χ0) is 12.6. The van der Waals surface area contributed by atoms with E-state index in [1.165, 1.54) is 18.6 Å². The average Bonchev–Trinajstić information content (AvgIpc) is 2.18. The summed E-state index contributed by atoms with van der Waals surface area (Å²) in [6.07, 6.45) is -3.07. The van der Waals surface area contributed by atoms with Crippen molar-refractivity contribution in [3.05, 3.63) is 35.4 Å². The number of alkyl halides is 3. The maximum atomic E-state index is 12.1. The van der Waals surface area contributed by atoms with E-state index in [1.54, 1.807) is 6.07 Å². The maximum absolute atomic E-state index is 12.1. The molecule has 0 amide bonds. The Morgan fingerprint density at radius 1 is 1.25 bits per heavy atom. The quantitative estimate of drug-likeness (QED) is 0.708. The van der Waals surface area contributed by atoms with Crippen molar-refractivity contribution in [3.8, 4) is 6.07 Å². The Hall–Kier alpha value is -1.50. The van der Waals surface area contributed by atoms with Gasteiger partial charge in [-0.2, -0.15) is 18.4 Å². The molecule has 1 aromatic carbocycles. The molecule has 1 nitrogen and oxygen atoms in total. The predicted molar refractivity (Wildman–Crippen MR) is 56.7 cm³/mol. The second-order valence-electron chi connectivity index (χ2n) is 3.24. The zero-order valence-corrected chi connectivity index (χ0v) is 9.30. The normalized spacial score (nSPS) is 10.0. The van der Waals surface area contributed by atoms with Gasteiger partial charge in [0.25, 0.3) is 0 Å². The fourth-order valence-corrected chi connectivity index (χ4v) is 0.949. The Morgan fingerprint density at radius 3 is 2.25 bits per heavy atom. The Bertz CT molecular complexity index is 350. The summed E-state index contributed by atoms with van der Waals surface area (Å²) in [7, 11) is 0. The lowest BCUT2D eigenvalue weighted by Gasteiger charge is -2.06. The van der Waals surface area contributed by atoms with Crippen LogP contribution in [0, 0.1) is 11.3 Å². The first-order valence-electron chi connectivity index (χ1n) is 4.98. The van der Waals surface area contributed by atoms with E-state index in [0.29, 0.717) is 5.56 Å². The molecule has 16 heavy (non-hydrogen) atoms. The standard InChI is InChI=1S/C9H6F3N.C3H8/c10-9(11,12)8-3-1-2-7(6-8)4-5-13;1-3-2/h1-3,6H,4H2;3H2,1-2H3. The summed E-state index contributed by atoms with van der Waals surface area (Å²) in [6, 6.07) is 6.57. The van der Waals surface area contributed by atoms with Crippen molar-refractivity contribution in [2.45, 2.75) is 32.9 Å². The van der Waals surface area contributed by atoms with E-state index in [0.717, 1.165) is 12.1 Å². The molecule has 0 aromatic heterocycles. The molecule has 88 valence electrons. The molecule has 0 atom stereocenters. The summed E-state index contributed by atoms with van der Waals surface area (Å²) in [5, 5.41) is 8.28. The van der Waals surface area contributed by atoms with E-state index in [1.807, 2.05) is 0 Å². The van der Waals surface area contributed by atoms with Gasteiger partial charge < -0.3 is 0 Å². The van der Waals surface area contributed by atoms with Crippen molar-refractivity contribution >= 4 is 0 Å². The third-order valence-electron chi connectivity index (χ3n) is 1.54. The second-order valence-corrected chi connectivity index (χ2v) is 3.24. The summed E-state index contributed by atoms with van der Waals surface area (Å²) >= 11 is 0. The smallest absolute Gasteiger partial charge is 0.198 e. The van der Waals surface area contributed by atoms with Crippen LogP contribution in [0.25, 0.3) is 0 Å². The molecule has 0 aliphatic rings. The first-order valence-corrected chi connectivity index (χ1v) is 4.98. The van der Waals surface area contributed by atoms with Gasteiger partial charge in [0.05, 0.1) is 18.1 Å². The SMILES string of the molecule is CCC.N#CCc1cccc(C(F)(F)F)c1. The summed E-state index contributed by atoms with van der Waals surface area (Å²) in [4.78, 5) is 0. The summed E-state index contributed by atoms with van der Waals surface area (Å²) < 4.78 is 36.4. The van der Waals surface area contributed by atoms with Gasteiger partial charge in [-0.25, -0.2) is 0 Å². The monoisotopic (exact) mass is 229 g/mol. The number of benzene rings is 1. The fraction of sp³-hybridized carbons (Fsp3) is 0.417. The van der Waals surface area contributed by atoms with Crippen LogP contribution in [-0.2, 0) is 12.6 Å². The third kappa shape index (κ3) is 5.40. The van der Waals surface area contributed by atoms with Crippen molar-refractivity contribution < 1.29 is 13.2 Å². The molecule has 0 bridgehead atoms. The first-order chi connectivity index (χ1) is 7.45. The molecule has 0 saturated carbocycles. The third-order valence-corrected chi connectivity index (χ3v) is 1.54. The summed E-state index contributed by atoms with van der Waals surface area (Å²) in [5.74, 6) is 0. The second kappa shape index (κ2) is 6.89. The minimum atomic E-state index is -4.33. The molecule has 0 aliphatic carbocycles. The van der Waals surface area contributed by atoms with Crippen LogP contribution in [0.1, 0.15) is 31.4 Å². The largest absolute Gasteiger partial charge is 0.416 e. The highest BCUT2D eigenvalue weighted by Crippen LogP contribution is 2.29. The Labute approximate surface area is 93.5 Å². The van der Waals surface area contributed by atoms with E-state index >= 15 is 0 Å². The molecule has 0 radical (unpaired) electrons. The van der Waals surface area contributed by atoms with Crippen molar-refractivity contribution in [1.29, 1.82) is 5.26 Å². The Morgan fingerprint density at radius 2 is 1.81 bits per heavy atom. The first kappa shape index (κ1) is 14.5. The number of rotatable bonds is 1. The van der Waals surface area contributed by atoms with E-state index < -0.39 is 11.7 Å². The molecule has 1 rings (SSSR count). The lowest BCUT2D eigenvalue weighted by molar-refractivity contribution is -0.137. The van der Waals surface area contributed by atoms with E-state index in [-0.39, 0.29) is 6.42 Å². The topological polar surface area (TPSA) is 23.8 Å². The molecule has 1 aromatic rings. The van der Waals surface area contributed by atoms with Crippen LogP contribution in [0.5, 0.6) is 0 Å². The Kier molecular flexibility index (Phi) is 6.24. The highest BCUT2D eigenvalue weighted by Gasteiger charge is 2.30. The van der Waals surface area contributed by atoms with Gasteiger partial charge in [-0.3, -0.25) is 0 Å². The summed E-state index contributed by atoms with van der Waals surface area (Å²) in [5.41, 5.74) is -0.322. The van der Waals surface area contributed by atoms with Gasteiger partial charge in [-0.05, 0) is 11.6 Å².